The van der Waals surface area contributed by atoms with Gasteiger partial charge in [0.1, 0.15) is 6.04 Å². The molecule has 0 aromatic heterocycles. The maximum atomic E-state index is 10.6. The van der Waals surface area contributed by atoms with E-state index >= 15 is 0 Å². The Morgan fingerprint density at radius 2 is 2.29 bits per heavy atom. The molecule has 0 unspecified atom stereocenters. The van der Waals surface area contributed by atoms with Crippen LogP contribution in [0.3, 0.4) is 0 Å². The smallest absolute Gasteiger partial charge is 0.320 e. The van der Waals surface area contributed by atoms with Crippen molar-refractivity contribution >= 4 is 21.9 Å². The summed E-state index contributed by atoms with van der Waals surface area (Å²) in [6, 6.07) is 4.96. The fraction of sp³-hybridized carbons (Fsp3) is 0.300. The number of halogens is 1. The van der Waals surface area contributed by atoms with E-state index in [0.29, 0.717) is 6.42 Å². The summed E-state index contributed by atoms with van der Waals surface area (Å²) in [4.78, 5) is 10.6. The number of aryl methyl sites for hydroxylation is 1. The first-order chi connectivity index (χ1) is 6.50. The average Bonchev–Trinajstić information content (AvgIpc) is 2.11. The lowest BCUT2D eigenvalue weighted by Gasteiger charge is -2.09. The van der Waals surface area contributed by atoms with Crippen molar-refractivity contribution in [3.05, 3.63) is 33.8 Å². The van der Waals surface area contributed by atoms with Gasteiger partial charge in [-0.05, 0) is 25.0 Å². The van der Waals surface area contributed by atoms with Gasteiger partial charge < -0.3 is 10.8 Å². The number of aliphatic carboxylic acids is 1. The number of carbonyl (C=O) groups is 1. The Balaban J connectivity index is 2.85. The highest BCUT2D eigenvalue weighted by Crippen LogP contribution is 2.19. The molecular weight excluding hydrogens is 246 g/mol. The molecule has 0 saturated heterocycles. The third-order valence-electron chi connectivity index (χ3n) is 1.96. The number of rotatable bonds is 3. The van der Waals surface area contributed by atoms with Gasteiger partial charge in [-0.2, -0.15) is 0 Å². The van der Waals surface area contributed by atoms with Crippen LogP contribution in [-0.4, -0.2) is 17.1 Å². The molecule has 0 bridgehead atoms. The molecule has 1 rings (SSSR count). The van der Waals surface area contributed by atoms with E-state index in [2.05, 4.69) is 15.9 Å². The molecule has 0 aliphatic rings. The molecule has 0 radical (unpaired) electrons. The van der Waals surface area contributed by atoms with Crippen molar-refractivity contribution in [2.45, 2.75) is 19.4 Å². The van der Waals surface area contributed by atoms with Crippen molar-refractivity contribution in [2.24, 2.45) is 5.73 Å². The maximum Gasteiger partial charge on any atom is 0.320 e. The van der Waals surface area contributed by atoms with E-state index in [9.17, 15) is 4.79 Å². The van der Waals surface area contributed by atoms with Crippen LogP contribution in [0.1, 0.15) is 11.1 Å². The molecule has 0 heterocycles. The van der Waals surface area contributed by atoms with E-state index in [4.69, 9.17) is 10.8 Å². The number of carboxylic acids is 1. The summed E-state index contributed by atoms with van der Waals surface area (Å²) < 4.78 is 0.903. The molecule has 0 fully saturated rings. The van der Waals surface area contributed by atoms with Crippen LogP contribution in [0.2, 0.25) is 0 Å². The normalized spacial score (nSPS) is 12.5. The van der Waals surface area contributed by atoms with Crippen molar-refractivity contribution in [1.29, 1.82) is 0 Å². The maximum absolute atomic E-state index is 10.6. The molecule has 0 aliphatic heterocycles. The van der Waals surface area contributed by atoms with Crippen molar-refractivity contribution in [2.75, 3.05) is 0 Å². The molecule has 4 heteroatoms. The Morgan fingerprint density at radius 3 is 2.86 bits per heavy atom. The van der Waals surface area contributed by atoms with Crippen LogP contribution in [0, 0.1) is 6.92 Å². The first kappa shape index (κ1) is 11.2. The van der Waals surface area contributed by atoms with E-state index in [1.807, 2.05) is 25.1 Å². The number of nitrogens with two attached hydrogens (primary N) is 1. The van der Waals surface area contributed by atoms with E-state index in [1.54, 1.807) is 0 Å². The molecule has 14 heavy (non-hydrogen) atoms. The Labute approximate surface area is 91.1 Å². The van der Waals surface area contributed by atoms with Crippen molar-refractivity contribution in [3.63, 3.8) is 0 Å². The quantitative estimate of drug-likeness (QED) is 0.867. The highest BCUT2D eigenvalue weighted by molar-refractivity contribution is 9.10. The monoisotopic (exact) mass is 257 g/mol. The lowest BCUT2D eigenvalue weighted by Crippen LogP contribution is -2.32. The van der Waals surface area contributed by atoms with Crippen LogP contribution in [-0.2, 0) is 11.2 Å². The molecule has 0 saturated carbocycles. The zero-order valence-electron chi connectivity index (χ0n) is 7.83. The molecule has 0 amide bonds. The van der Waals surface area contributed by atoms with Gasteiger partial charge in [0, 0.05) is 4.47 Å². The van der Waals surface area contributed by atoms with Crippen LogP contribution in [0.25, 0.3) is 0 Å². The SMILES string of the molecule is Cc1ccc(Br)c(C[C@H](N)C(=O)O)c1. The van der Waals surface area contributed by atoms with Crippen LogP contribution < -0.4 is 5.73 Å². The first-order valence-corrected chi connectivity index (χ1v) is 5.03. The van der Waals surface area contributed by atoms with E-state index < -0.39 is 12.0 Å². The standard InChI is InChI=1S/C10H12BrNO2/c1-6-2-3-8(11)7(4-6)5-9(12)10(13)14/h2-4,9H,5,12H2,1H3,(H,13,14)/t9-/m0/s1. The van der Waals surface area contributed by atoms with Crippen LogP contribution in [0.4, 0.5) is 0 Å². The molecular formula is C10H12BrNO2. The zero-order valence-corrected chi connectivity index (χ0v) is 9.41. The summed E-state index contributed by atoms with van der Waals surface area (Å²) in [5.74, 6) is -0.974. The first-order valence-electron chi connectivity index (χ1n) is 4.24. The van der Waals surface area contributed by atoms with Gasteiger partial charge in [0.15, 0.2) is 0 Å². The van der Waals surface area contributed by atoms with Gasteiger partial charge in [0.25, 0.3) is 0 Å². The van der Waals surface area contributed by atoms with Gasteiger partial charge >= 0.3 is 5.97 Å². The molecule has 1 aromatic rings. The number of hydrogen-bond donors (Lipinski definition) is 2. The number of hydrogen-bond acceptors (Lipinski definition) is 2. The van der Waals surface area contributed by atoms with Crippen LogP contribution in [0.15, 0.2) is 22.7 Å². The summed E-state index contributed by atoms with van der Waals surface area (Å²) in [5.41, 5.74) is 7.48. The third-order valence-corrected chi connectivity index (χ3v) is 2.73. The van der Waals surface area contributed by atoms with Gasteiger partial charge in [-0.15, -0.1) is 0 Å². The third kappa shape index (κ3) is 2.82. The Kier molecular flexibility index (Phi) is 3.66. The Hall–Kier alpha value is -0.870. The van der Waals surface area contributed by atoms with Gasteiger partial charge in [0.2, 0.25) is 0 Å². The predicted octanol–water partition coefficient (Wildman–Crippen LogP) is 1.71. The largest absolute Gasteiger partial charge is 0.480 e. The van der Waals surface area contributed by atoms with Crippen LogP contribution >= 0.6 is 15.9 Å². The summed E-state index contributed by atoms with van der Waals surface area (Å²) in [7, 11) is 0. The zero-order chi connectivity index (χ0) is 10.7. The fourth-order valence-corrected chi connectivity index (χ4v) is 1.59. The van der Waals surface area contributed by atoms with Gasteiger partial charge in [-0.1, -0.05) is 33.6 Å². The van der Waals surface area contributed by atoms with E-state index in [0.717, 1.165) is 15.6 Å². The molecule has 1 aromatic carbocycles. The van der Waals surface area contributed by atoms with E-state index in [1.165, 1.54) is 0 Å². The molecule has 3 nitrogen and oxygen atoms in total. The summed E-state index contributed by atoms with van der Waals surface area (Å²) in [5, 5.41) is 8.66. The molecule has 76 valence electrons. The van der Waals surface area contributed by atoms with Crippen molar-refractivity contribution < 1.29 is 9.90 Å². The second-order valence-corrected chi connectivity index (χ2v) is 4.10. The fourth-order valence-electron chi connectivity index (χ4n) is 1.18. The average molecular weight is 258 g/mol. The second kappa shape index (κ2) is 4.57. The number of carboxylic acid groups (broad SMARTS) is 1. The van der Waals surface area contributed by atoms with Gasteiger partial charge in [-0.25, -0.2) is 0 Å². The highest BCUT2D eigenvalue weighted by Gasteiger charge is 2.13. The summed E-state index contributed by atoms with van der Waals surface area (Å²) >= 11 is 3.36. The topological polar surface area (TPSA) is 63.3 Å². The minimum atomic E-state index is -0.974. The van der Waals surface area contributed by atoms with Crippen molar-refractivity contribution in [3.8, 4) is 0 Å². The minimum absolute atomic E-state index is 0.345. The lowest BCUT2D eigenvalue weighted by molar-refractivity contribution is -0.138. The van der Waals surface area contributed by atoms with Crippen LogP contribution in [0.5, 0.6) is 0 Å². The summed E-state index contributed by atoms with van der Waals surface area (Å²) in [6.07, 6.45) is 0.345. The molecule has 0 aliphatic carbocycles. The second-order valence-electron chi connectivity index (χ2n) is 3.24. The van der Waals surface area contributed by atoms with Gasteiger partial charge in [0.05, 0.1) is 0 Å². The Bertz CT molecular complexity index is 352. The van der Waals surface area contributed by atoms with E-state index in [-0.39, 0.29) is 0 Å². The lowest BCUT2D eigenvalue weighted by atomic mass is 10.0. The minimum Gasteiger partial charge on any atom is -0.480 e. The molecule has 3 N–H and O–H groups in total. The van der Waals surface area contributed by atoms with Crippen molar-refractivity contribution in [1.82, 2.24) is 0 Å². The number of benzene rings is 1. The van der Waals surface area contributed by atoms with Gasteiger partial charge in [-0.3, -0.25) is 4.79 Å². The predicted molar refractivity (Wildman–Crippen MR) is 58.2 cm³/mol. The Morgan fingerprint density at radius 1 is 1.64 bits per heavy atom. The molecule has 1 atom stereocenters. The highest BCUT2D eigenvalue weighted by atomic mass is 79.9. The molecule has 0 spiro atoms. The summed E-state index contributed by atoms with van der Waals surface area (Å²) in [6.45, 7) is 1.96.